The second-order valence-corrected chi connectivity index (χ2v) is 6.47. The van der Waals surface area contributed by atoms with E-state index in [-0.39, 0.29) is 5.78 Å². The van der Waals surface area contributed by atoms with E-state index in [4.69, 9.17) is 4.74 Å². The summed E-state index contributed by atoms with van der Waals surface area (Å²) in [6, 6.07) is 9.87. The smallest absolute Gasteiger partial charge is 0.333 e. The summed E-state index contributed by atoms with van der Waals surface area (Å²) in [5.41, 5.74) is 1.75. The van der Waals surface area contributed by atoms with Crippen LogP contribution >= 0.6 is 0 Å². The van der Waals surface area contributed by atoms with E-state index in [9.17, 15) is 9.59 Å². The van der Waals surface area contributed by atoms with Gasteiger partial charge < -0.3 is 4.74 Å². The summed E-state index contributed by atoms with van der Waals surface area (Å²) in [6.07, 6.45) is 4.62. The Balaban J connectivity index is 1.84. The fourth-order valence-corrected chi connectivity index (χ4v) is 3.01. The van der Waals surface area contributed by atoms with Crippen LogP contribution in [0.15, 0.2) is 54.1 Å². The number of hydrogen-bond donors (Lipinski definition) is 0. The lowest BCUT2D eigenvalue weighted by atomic mass is 9.71. The van der Waals surface area contributed by atoms with Crippen molar-refractivity contribution in [3.05, 3.63) is 59.7 Å². The standard InChI is InChI=1S/C20H24O3/c1-15-8-7-12-20(3,18(15)21)14-16(2)19(22)23-13-11-17-9-5-4-6-10-17/h4-6,8-10H,2,7,11-14H2,1,3H3. The maximum Gasteiger partial charge on any atom is 0.333 e. The average Bonchev–Trinajstić information content (AvgIpc) is 2.53. The van der Waals surface area contributed by atoms with Crippen LogP contribution in [0.4, 0.5) is 0 Å². The van der Waals surface area contributed by atoms with Gasteiger partial charge in [0, 0.05) is 17.4 Å². The molecule has 0 bridgehead atoms. The lowest BCUT2D eigenvalue weighted by molar-refractivity contribution is -0.139. The van der Waals surface area contributed by atoms with Crippen molar-refractivity contribution in [3.8, 4) is 0 Å². The summed E-state index contributed by atoms with van der Waals surface area (Å²) >= 11 is 0. The summed E-state index contributed by atoms with van der Waals surface area (Å²) in [5.74, 6) is -0.288. The number of carbonyl (C=O) groups is 2. The maximum atomic E-state index is 12.3. The molecule has 3 nitrogen and oxygen atoms in total. The van der Waals surface area contributed by atoms with Gasteiger partial charge in [-0.3, -0.25) is 4.79 Å². The Labute approximate surface area is 138 Å². The molecule has 1 aromatic rings. The Morgan fingerprint density at radius 2 is 2.00 bits per heavy atom. The van der Waals surface area contributed by atoms with Crippen LogP contribution in [0.5, 0.6) is 0 Å². The highest BCUT2D eigenvalue weighted by molar-refractivity contribution is 6.01. The first kappa shape index (κ1) is 17.2. The van der Waals surface area contributed by atoms with Crippen LogP contribution in [-0.4, -0.2) is 18.4 Å². The number of allylic oxidation sites excluding steroid dienone is 2. The van der Waals surface area contributed by atoms with Gasteiger partial charge in [0.25, 0.3) is 0 Å². The van der Waals surface area contributed by atoms with E-state index in [1.54, 1.807) is 0 Å². The highest BCUT2D eigenvalue weighted by Crippen LogP contribution is 2.37. The molecular weight excluding hydrogens is 288 g/mol. The number of benzene rings is 1. The number of ether oxygens (including phenoxy) is 1. The van der Waals surface area contributed by atoms with Crippen molar-refractivity contribution in [1.82, 2.24) is 0 Å². The van der Waals surface area contributed by atoms with Gasteiger partial charge in [-0.1, -0.05) is 49.9 Å². The molecule has 0 heterocycles. The quantitative estimate of drug-likeness (QED) is 0.588. The number of carbonyl (C=O) groups excluding carboxylic acids is 2. The predicted molar refractivity (Wildman–Crippen MR) is 91.0 cm³/mol. The molecule has 0 aromatic heterocycles. The molecule has 1 atom stereocenters. The van der Waals surface area contributed by atoms with Crippen molar-refractivity contribution in [2.24, 2.45) is 5.41 Å². The Hall–Kier alpha value is -2.16. The van der Waals surface area contributed by atoms with Crippen LogP contribution in [0.1, 0.15) is 38.7 Å². The molecule has 0 saturated carbocycles. The minimum atomic E-state index is -0.533. The van der Waals surface area contributed by atoms with Crippen LogP contribution in [0.3, 0.4) is 0 Å². The molecule has 2 rings (SSSR count). The molecule has 122 valence electrons. The fraction of sp³-hybridized carbons (Fsp3) is 0.400. The third-order valence-corrected chi connectivity index (χ3v) is 4.41. The van der Waals surface area contributed by atoms with E-state index in [1.165, 1.54) is 0 Å². The molecule has 1 aliphatic rings. The third-order valence-electron chi connectivity index (χ3n) is 4.41. The monoisotopic (exact) mass is 312 g/mol. The minimum absolute atomic E-state index is 0.113. The highest BCUT2D eigenvalue weighted by atomic mass is 16.5. The zero-order valence-electron chi connectivity index (χ0n) is 13.9. The maximum absolute atomic E-state index is 12.3. The van der Waals surface area contributed by atoms with Crippen LogP contribution in [-0.2, 0) is 20.7 Å². The van der Waals surface area contributed by atoms with Crippen molar-refractivity contribution in [2.75, 3.05) is 6.61 Å². The number of esters is 1. The Bertz CT molecular complexity index is 628. The molecule has 1 aromatic carbocycles. The van der Waals surface area contributed by atoms with Gasteiger partial charge in [0.1, 0.15) is 0 Å². The Kier molecular flexibility index (Phi) is 5.54. The van der Waals surface area contributed by atoms with Gasteiger partial charge in [-0.05, 0) is 37.3 Å². The normalized spacial score (nSPS) is 20.8. The summed E-state index contributed by atoms with van der Waals surface area (Å²) in [4.78, 5) is 24.4. The van der Waals surface area contributed by atoms with E-state index in [0.717, 1.165) is 24.0 Å². The number of hydrogen-bond acceptors (Lipinski definition) is 3. The van der Waals surface area contributed by atoms with E-state index in [0.29, 0.717) is 25.0 Å². The summed E-state index contributed by atoms with van der Waals surface area (Å²) in [6.45, 7) is 7.90. The molecule has 0 radical (unpaired) electrons. The minimum Gasteiger partial charge on any atom is -0.462 e. The topological polar surface area (TPSA) is 43.4 Å². The second-order valence-electron chi connectivity index (χ2n) is 6.47. The van der Waals surface area contributed by atoms with Crippen molar-refractivity contribution >= 4 is 11.8 Å². The van der Waals surface area contributed by atoms with E-state index in [2.05, 4.69) is 6.58 Å². The van der Waals surface area contributed by atoms with E-state index in [1.807, 2.05) is 50.3 Å². The average molecular weight is 312 g/mol. The number of rotatable bonds is 6. The lowest BCUT2D eigenvalue weighted by Crippen LogP contribution is -2.32. The molecule has 23 heavy (non-hydrogen) atoms. The number of Topliss-reactive ketones (excluding diaryl/α,β-unsaturated/α-hetero) is 1. The van der Waals surface area contributed by atoms with Crippen molar-refractivity contribution in [1.29, 1.82) is 0 Å². The van der Waals surface area contributed by atoms with Crippen LogP contribution in [0, 0.1) is 5.41 Å². The van der Waals surface area contributed by atoms with Crippen molar-refractivity contribution in [3.63, 3.8) is 0 Å². The lowest BCUT2D eigenvalue weighted by Gasteiger charge is -2.31. The fourth-order valence-electron chi connectivity index (χ4n) is 3.01. The summed E-state index contributed by atoms with van der Waals surface area (Å²) in [7, 11) is 0. The van der Waals surface area contributed by atoms with Crippen LogP contribution < -0.4 is 0 Å². The first-order valence-electron chi connectivity index (χ1n) is 8.03. The summed E-state index contributed by atoms with van der Waals surface area (Å²) in [5, 5.41) is 0. The van der Waals surface area contributed by atoms with Crippen LogP contribution in [0.25, 0.3) is 0 Å². The Morgan fingerprint density at radius 3 is 2.70 bits per heavy atom. The van der Waals surface area contributed by atoms with E-state index < -0.39 is 11.4 Å². The first-order valence-corrected chi connectivity index (χ1v) is 8.03. The first-order chi connectivity index (χ1) is 10.9. The number of ketones is 1. The largest absolute Gasteiger partial charge is 0.462 e. The summed E-state index contributed by atoms with van der Waals surface area (Å²) < 4.78 is 5.29. The molecule has 0 amide bonds. The zero-order chi connectivity index (χ0) is 16.9. The van der Waals surface area contributed by atoms with Gasteiger partial charge in [0.05, 0.1) is 6.61 Å². The molecule has 0 N–H and O–H groups in total. The molecule has 0 saturated heterocycles. The van der Waals surface area contributed by atoms with Gasteiger partial charge in [0.2, 0.25) is 0 Å². The van der Waals surface area contributed by atoms with E-state index >= 15 is 0 Å². The zero-order valence-corrected chi connectivity index (χ0v) is 13.9. The highest BCUT2D eigenvalue weighted by Gasteiger charge is 2.37. The molecule has 3 heteroatoms. The van der Waals surface area contributed by atoms with Gasteiger partial charge in [-0.25, -0.2) is 4.79 Å². The van der Waals surface area contributed by atoms with Crippen molar-refractivity contribution < 1.29 is 14.3 Å². The van der Waals surface area contributed by atoms with Gasteiger partial charge >= 0.3 is 5.97 Å². The van der Waals surface area contributed by atoms with Gasteiger partial charge in [0.15, 0.2) is 5.78 Å². The molecular formula is C20H24O3. The molecule has 0 aliphatic heterocycles. The predicted octanol–water partition coefficient (Wildman–Crippen LogP) is 4.03. The molecule has 1 aliphatic carbocycles. The molecule has 1 unspecified atom stereocenters. The van der Waals surface area contributed by atoms with Crippen molar-refractivity contribution in [2.45, 2.75) is 39.5 Å². The SMILES string of the molecule is C=C(CC1(C)CCC=C(C)C1=O)C(=O)OCCc1ccccc1. The Morgan fingerprint density at radius 1 is 1.30 bits per heavy atom. The van der Waals surface area contributed by atoms with Gasteiger partial charge in [-0.2, -0.15) is 0 Å². The van der Waals surface area contributed by atoms with Crippen LogP contribution in [0.2, 0.25) is 0 Å². The molecule has 0 spiro atoms. The third kappa shape index (κ3) is 4.41. The second kappa shape index (κ2) is 7.40. The van der Waals surface area contributed by atoms with Gasteiger partial charge in [-0.15, -0.1) is 0 Å². The molecule has 0 fully saturated rings.